The Balaban J connectivity index is 2.54. The minimum atomic E-state index is -0.704. The predicted molar refractivity (Wildman–Crippen MR) is 77.0 cm³/mol. The number of pyridine rings is 1. The molecule has 3 N–H and O–H groups in total. The number of hydrogen-bond acceptors (Lipinski definition) is 4. The summed E-state index contributed by atoms with van der Waals surface area (Å²) in [5.41, 5.74) is -0.704. The first kappa shape index (κ1) is 14.8. The summed E-state index contributed by atoms with van der Waals surface area (Å²) in [5.74, 6) is 2.12. The predicted octanol–water partition coefficient (Wildman–Crippen LogP) is 2.72. The normalized spacial score (nSPS) is 14.3. The topological polar surface area (TPSA) is 57.2 Å². The highest BCUT2D eigenvalue weighted by atomic mass is 16.3. The largest absolute Gasteiger partial charge is 0.388 e. The van der Waals surface area contributed by atoms with E-state index >= 15 is 0 Å². The van der Waals surface area contributed by atoms with Crippen LogP contribution in [-0.2, 0) is 0 Å². The van der Waals surface area contributed by atoms with Gasteiger partial charge >= 0.3 is 0 Å². The Bertz CT molecular complexity index is 364. The monoisotopic (exact) mass is 251 g/mol. The molecule has 1 unspecified atom stereocenters. The Morgan fingerprint density at radius 1 is 1.28 bits per heavy atom. The Morgan fingerprint density at radius 3 is 2.44 bits per heavy atom. The van der Waals surface area contributed by atoms with E-state index in [1.807, 2.05) is 32.0 Å². The van der Waals surface area contributed by atoms with Crippen molar-refractivity contribution in [3.05, 3.63) is 18.2 Å². The van der Waals surface area contributed by atoms with Crippen molar-refractivity contribution in [3.8, 4) is 0 Å². The third kappa shape index (κ3) is 5.36. The second kappa shape index (κ2) is 6.59. The first-order valence-electron chi connectivity index (χ1n) is 6.60. The molecule has 0 aliphatic rings. The maximum Gasteiger partial charge on any atom is 0.128 e. The number of aromatic nitrogens is 1. The number of nitrogens with one attached hydrogen (secondary N) is 2. The lowest BCUT2D eigenvalue weighted by molar-refractivity contribution is 0.0515. The first-order valence-corrected chi connectivity index (χ1v) is 6.60. The van der Waals surface area contributed by atoms with Crippen molar-refractivity contribution in [2.75, 3.05) is 23.7 Å². The van der Waals surface area contributed by atoms with Gasteiger partial charge in [-0.2, -0.15) is 0 Å². The van der Waals surface area contributed by atoms with Crippen LogP contribution >= 0.6 is 0 Å². The molecule has 18 heavy (non-hydrogen) atoms. The lowest BCUT2D eigenvalue weighted by Gasteiger charge is -2.25. The fourth-order valence-electron chi connectivity index (χ4n) is 2.05. The Hall–Kier alpha value is -1.29. The summed E-state index contributed by atoms with van der Waals surface area (Å²) < 4.78 is 0. The molecule has 1 aromatic rings. The molecule has 0 radical (unpaired) electrons. The molecule has 0 spiro atoms. The van der Waals surface area contributed by atoms with Crippen molar-refractivity contribution in [2.45, 2.75) is 39.7 Å². The number of rotatable bonds is 7. The lowest BCUT2D eigenvalue weighted by atomic mass is 9.94. The van der Waals surface area contributed by atoms with Crippen molar-refractivity contribution in [1.29, 1.82) is 0 Å². The Labute approximate surface area is 110 Å². The SMILES string of the molecule is CCNc1cccc(NCC(C)(O)CC(C)C)n1. The van der Waals surface area contributed by atoms with Crippen LogP contribution in [0.4, 0.5) is 11.6 Å². The molecule has 0 aliphatic carbocycles. The Kier molecular flexibility index (Phi) is 5.41. The maximum absolute atomic E-state index is 10.2. The maximum atomic E-state index is 10.2. The zero-order valence-corrected chi connectivity index (χ0v) is 11.8. The molecular formula is C14H25N3O. The van der Waals surface area contributed by atoms with E-state index in [4.69, 9.17) is 0 Å². The molecule has 0 saturated heterocycles. The van der Waals surface area contributed by atoms with Gasteiger partial charge in [-0.05, 0) is 38.3 Å². The highest BCUT2D eigenvalue weighted by Gasteiger charge is 2.21. The van der Waals surface area contributed by atoms with Crippen LogP contribution in [0, 0.1) is 5.92 Å². The molecule has 0 amide bonds. The molecule has 1 atom stereocenters. The quantitative estimate of drug-likeness (QED) is 0.697. The van der Waals surface area contributed by atoms with Crippen LogP contribution < -0.4 is 10.6 Å². The average molecular weight is 251 g/mol. The summed E-state index contributed by atoms with van der Waals surface area (Å²) in [5, 5.41) is 16.6. The average Bonchev–Trinajstić information content (AvgIpc) is 2.26. The van der Waals surface area contributed by atoms with Crippen molar-refractivity contribution in [1.82, 2.24) is 4.98 Å². The number of hydrogen-bond donors (Lipinski definition) is 3. The molecule has 0 aromatic carbocycles. The van der Waals surface area contributed by atoms with Gasteiger partial charge in [-0.25, -0.2) is 4.98 Å². The van der Waals surface area contributed by atoms with Crippen molar-refractivity contribution >= 4 is 11.6 Å². The number of anilines is 2. The minimum Gasteiger partial charge on any atom is -0.388 e. The van der Waals surface area contributed by atoms with Crippen LogP contribution in [0.5, 0.6) is 0 Å². The van der Waals surface area contributed by atoms with E-state index in [-0.39, 0.29) is 0 Å². The van der Waals surface area contributed by atoms with Gasteiger partial charge in [0.2, 0.25) is 0 Å². The zero-order valence-electron chi connectivity index (χ0n) is 11.8. The molecule has 102 valence electrons. The van der Waals surface area contributed by atoms with Crippen LogP contribution in [-0.4, -0.2) is 28.8 Å². The van der Waals surface area contributed by atoms with Gasteiger partial charge in [0.05, 0.1) is 5.60 Å². The van der Waals surface area contributed by atoms with E-state index in [0.717, 1.165) is 24.6 Å². The molecule has 1 aromatic heterocycles. The molecule has 0 aliphatic heterocycles. The minimum absolute atomic E-state index is 0.475. The van der Waals surface area contributed by atoms with Crippen LogP contribution in [0.2, 0.25) is 0 Å². The van der Waals surface area contributed by atoms with Gasteiger partial charge in [-0.15, -0.1) is 0 Å². The van der Waals surface area contributed by atoms with E-state index < -0.39 is 5.60 Å². The fraction of sp³-hybridized carbons (Fsp3) is 0.643. The Morgan fingerprint density at radius 2 is 1.89 bits per heavy atom. The van der Waals surface area contributed by atoms with Crippen molar-refractivity contribution in [3.63, 3.8) is 0 Å². The van der Waals surface area contributed by atoms with Crippen molar-refractivity contribution < 1.29 is 5.11 Å². The van der Waals surface area contributed by atoms with Gasteiger partial charge < -0.3 is 15.7 Å². The van der Waals surface area contributed by atoms with Gasteiger partial charge in [0.1, 0.15) is 11.6 Å². The molecule has 4 heteroatoms. The third-order valence-electron chi connectivity index (χ3n) is 2.61. The molecule has 1 rings (SSSR count). The van der Waals surface area contributed by atoms with Gasteiger partial charge in [0.25, 0.3) is 0 Å². The lowest BCUT2D eigenvalue weighted by Crippen LogP contribution is -2.35. The van der Waals surface area contributed by atoms with E-state index in [1.54, 1.807) is 0 Å². The van der Waals surface area contributed by atoms with Gasteiger partial charge in [-0.3, -0.25) is 0 Å². The molecular weight excluding hydrogens is 226 g/mol. The number of aliphatic hydroxyl groups is 1. The molecule has 1 heterocycles. The van der Waals surface area contributed by atoms with E-state index in [0.29, 0.717) is 12.5 Å². The van der Waals surface area contributed by atoms with Crippen LogP contribution in [0.15, 0.2) is 18.2 Å². The van der Waals surface area contributed by atoms with Crippen LogP contribution in [0.25, 0.3) is 0 Å². The van der Waals surface area contributed by atoms with Crippen LogP contribution in [0.1, 0.15) is 34.1 Å². The molecule has 0 bridgehead atoms. The van der Waals surface area contributed by atoms with Crippen molar-refractivity contribution in [2.24, 2.45) is 5.92 Å². The summed E-state index contributed by atoms with van der Waals surface area (Å²) in [4.78, 5) is 4.41. The molecule has 4 nitrogen and oxygen atoms in total. The fourth-order valence-corrected chi connectivity index (χ4v) is 2.05. The molecule has 0 fully saturated rings. The molecule has 0 saturated carbocycles. The second-order valence-electron chi connectivity index (χ2n) is 5.39. The van der Waals surface area contributed by atoms with Crippen LogP contribution in [0.3, 0.4) is 0 Å². The summed E-state index contributed by atoms with van der Waals surface area (Å²) in [6, 6.07) is 5.79. The smallest absolute Gasteiger partial charge is 0.128 e. The second-order valence-corrected chi connectivity index (χ2v) is 5.39. The number of nitrogens with zero attached hydrogens (tertiary/aromatic N) is 1. The van der Waals surface area contributed by atoms with E-state index in [1.165, 1.54) is 0 Å². The van der Waals surface area contributed by atoms with Gasteiger partial charge in [-0.1, -0.05) is 19.9 Å². The summed E-state index contributed by atoms with van der Waals surface area (Å²) in [6.07, 6.45) is 0.771. The summed E-state index contributed by atoms with van der Waals surface area (Å²) in [6.45, 7) is 9.47. The zero-order chi connectivity index (χ0) is 13.6. The highest BCUT2D eigenvalue weighted by Crippen LogP contribution is 2.17. The standard InChI is InChI=1S/C14H25N3O/c1-5-15-12-7-6-8-13(17-12)16-10-14(4,18)9-11(2)3/h6-8,11,18H,5,9-10H2,1-4H3,(H2,15,16,17). The van der Waals surface area contributed by atoms with Gasteiger partial charge in [0.15, 0.2) is 0 Å². The van der Waals surface area contributed by atoms with Gasteiger partial charge in [0, 0.05) is 13.1 Å². The third-order valence-corrected chi connectivity index (χ3v) is 2.61. The summed E-state index contributed by atoms with van der Waals surface area (Å²) in [7, 11) is 0. The van der Waals surface area contributed by atoms with E-state index in [2.05, 4.69) is 29.5 Å². The van der Waals surface area contributed by atoms with E-state index in [9.17, 15) is 5.11 Å². The summed E-state index contributed by atoms with van der Waals surface area (Å²) >= 11 is 0. The first-order chi connectivity index (χ1) is 8.43. The highest BCUT2D eigenvalue weighted by molar-refractivity contribution is 5.45.